The third-order valence-electron chi connectivity index (χ3n) is 3.29. The van der Waals surface area contributed by atoms with Crippen molar-refractivity contribution in [2.24, 2.45) is 0 Å². The van der Waals surface area contributed by atoms with Crippen LogP contribution in [0.4, 0.5) is 4.79 Å². The van der Waals surface area contributed by atoms with Crippen molar-refractivity contribution in [3.63, 3.8) is 0 Å². The highest BCUT2D eigenvalue weighted by Crippen LogP contribution is 2.27. The van der Waals surface area contributed by atoms with Crippen LogP contribution in [0.15, 0.2) is 0 Å². The van der Waals surface area contributed by atoms with E-state index < -0.39 is 38.0 Å². The van der Waals surface area contributed by atoms with Gasteiger partial charge in [0.2, 0.25) is 0 Å². The van der Waals surface area contributed by atoms with Gasteiger partial charge < -0.3 is 9.64 Å². The summed E-state index contributed by atoms with van der Waals surface area (Å²) in [6.45, 7) is 5.30. The van der Waals surface area contributed by atoms with Gasteiger partial charge in [-0.05, 0) is 40.0 Å². The minimum absolute atomic E-state index is 0.00487. The molecule has 25 heavy (non-hydrogen) atoms. The van der Waals surface area contributed by atoms with E-state index in [1.165, 1.54) is 4.90 Å². The van der Waals surface area contributed by atoms with Gasteiger partial charge in [-0.3, -0.25) is 8.37 Å². The number of nitrogens with zero attached hydrogens (tertiary/aromatic N) is 1. The maximum atomic E-state index is 12.3. The number of hydrogen-bond acceptors (Lipinski definition) is 8. The van der Waals surface area contributed by atoms with Gasteiger partial charge in [0.1, 0.15) is 5.60 Å². The molecule has 2 atom stereocenters. The van der Waals surface area contributed by atoms with Crippen molar-refractivity contribution in [1.82, 2.24) is 4.90 Å². The predicted octanol–water partition coefficient (Wildman–Crippen LogP) is 1.10. The second kappa shape index (κ2) is 8.19. The lowest BCUT2D eigenvalue weighted by Crippen LogP contribution is -2.40. The highest BCUT2D eigenvalue weighted by Gasteiger charge is 2.39. The summed E-state index contributed by atoms with van der Waals surface area (Å²) in [5.41, 5.74) is -0.684. The lowest BCUT2D eigenvalue weighted by atomic mass is 10.1. The summed E-state index contributed by atoms with van der Waals surface area (Å²) in [6, 6.07) is -0.315. The molecule has 0 saturated carbocycles. The molecule has 0 unspecified atom stereocenters. The van der Waals surface area contributed by atoms with Gasteiger partial charge in [0.15, 0.2) is 0 Å². The van der Waals surface area contributed by atoms with Crippen LogP contribution in [-0.4, -0.2) is 71.2 Å². The smallest absolute Gasteiger partial charge is 0.410 e. The van der Waals surface area contributed by atoms with Crippen LogP contribution in [0.5, 0.6) is 0 Å². The third-order valence-corrected chi connectivity index (χ3v) is 4.51. The highest BCUT2D eigenvalue weighted by atomic mass is 32.2. The van der Waals surface area contributed by atoms with Crippen LogP contribution in [0.25, 0.3) is 0 Å². The van der Waals surface area contributed by atoms with Crippen molar-refractivity contribution in [3.05, 3.63) is 0 Å². The Morgan fingerprint density at radius 1 is 1.12 bits per heavy atom. The Morgan fingerprint density at radius 2 is 1.72 bits per heavy atom. The van der Waals surface area contributed by atoms with E-state index in [2.05, 4.69) is 4.18 Å². The monoisotopic (exact) mass is 401 g/mol. The highest BCUT2D eigenvalue weighted by molar-refractivity contribution is 7.86. The van der Waals surface area contributed by atoms with Gasteiger partial charge >= 0.3 is 6.09 Å². The zero-order valence-corrected chi connectivity index (χ0v) is 16.9. The van der Waals surface area contributed by atoms with E-state index in [1.807, 2.05) is 0 Å². The summed E-state index contributed by atoms with van der Waals surface area (Å²) in [4.78, 5) is 13.8. The summed E-state index contributed by atoms with van der Waals surface area (Å²) in [5, 5.41) is 0. The van der Waals surface area contributed by atoms with E-state index in [9.17, 15) is 21.6 Å². The van der Waals surface area contributed by atoms with Gasteiger partial charge in [-0.25, -0.2) is 4.79 Å². The third kappa shape index (κ3) is 9.38. The Hall–Kier alpha value is -0.910. The molecule has 0 radical (unpaired) electrons. The molecule has 9 nitrogen and oxygen atoms in total. The Bertz CT molecular complexity index is 665. The number of rotatable bonds is 7. The standard InChI is InChI=1S/C14H27NO8S2/c1-14(2,3)22-13(16)15-10-12(23-25(5,19)20)9-11(15)7-6-8-21-24(4,17)18/h11-12H,6-10H2,1-5H3/t11-,12-/m1/s1. The number of amides is 1. The van der Waals surface area contributed by atoms with Crippen molar-refractivity contribution in [1.29, 1.82) is 0 Å². The minimum Gasteiger partial charge on any atom is -0.444 e. The van der Waals surface area contributed by atoms with E-state index in [4.69, 9.17) is 8.92 Å². The van der Waals surface area contributed by atoms with Crippen LogP contribution in [0.2, 0.25) is 0 Å². The number of likely N-dealkylation sites (tertiary alicyclic amines) is 1. The van der Waals surface area contributed by atoms with E-state index in [1.54, 1.807) is 20.8 Å². The van der Waals surface area contributed by atoms with Gasteiger partial charge in [0, 0.05) is 6.04 Å². The molecule has 1 saturated heterocycles. The van der Waals surface area contributed by atoms with E-state index in [0.717, 1.165) is 12.5 Å². The molecule has 148 valence electrons. The van der Waals surface area contributed by atoms with Gasteiger partial charge in [0.25, 0.3) is 20.2 Å². The molecule has 0 N–H and O–H groups in total. The zero-order chi connectivity index (χ0) is 19.5. The molecule has 0 aliphatic carbocycles. The molecule has 1 aliphatic rings. The molecule has 0 aromatic heterocycles. The van der Waals surface area contributed by atoms with Gasteiger partial charge in [-0.15, -0.1) is 0 Å². The number of carbonyl (C=O) groups excluding carboxylic acids is 1. The summed E-state index contributed by atoms with van der Waals surface area (Å²) < 4.78 is 59.6. The van der Waals surface area contributed by atoms with E-state index in [0.29, 0.717) is 19.3 Å². The van der Waals surface area contributed by atoms with Gasteiger partial charge in [0.05, 0.1) is 31.8 Å². The molecule has 0 aromatic rings. The first-order valence-corrected chi connectivity index (χ1v) is 11.5. The first kappa shape index (κ1) is 22.1. The molecular weight excluding hydrogens is 374 g/mol. The van der Waals surface area contributed by atoms with E-state index in [-0.39, 0.29) is 19.2 Å². The topological polar surface area (TPSA) is 116 Å². The number of carbonyl (C=O) groups is 1. The van der Waals surface area contributed by atoms with Crippen LogP contribution < -0.4 is 0 Å². The van der Waals surface area contributed by atoms with Gasteiger partial charge in [-0.2, -0.15) is 16.8 Å². The Kier molecular flexibility index (Phi) is 7.25. The Balaban J connectivity index is 2.72. The predicted molar refractivity (Wildman–Crippen MR) is 91.1 cm³/mol. The van der Waals surface area contributed by atoms with Crippen molar-refractivity contribution < 1.29 is 34.7 Å². The molecule has 0 aromatic carbocycles. The molecule has 11 heteroatoms. The normalized spacial score (nSPS) is 22.2. The van der Waals surface area contributed by atoms with Gasteiger partial charge in [-0.1, -0.05) is 0 Å². The first-order valence-electron chi connectivity index (χ1n) is 7.88. The molecule has 1 amide bonds. The fraction of sp³-hybridized carbons (Fsp3) is 0.929. The molecule has 1 aliphatic heterocycles. The summed E-state index contributed by atoms with van der Waals surface area (Å²) in [7, 11) is -7.16. The van der Waals surface area contributed by atoms with E-state index >= 15 is 0 Å². The van der Waals surface area contributed by atoms with Crippen molar-refractivity contribution in [2.45, 2.75) is 57.8 Å². The molecule has 1 fully saturated rings. The lowest BCUT2D eigenvalue weighted by molar-refractivity contribution is 0.0203. The first-order chi connectivity index (χ1) is 11.2. The quantitative estimate of drug-likeness (QED) is 0.460. The van der Waals surface area contributed by atoms with Crippen LogP contribution >= 0.6 is 0 Å². The SMILES string of the molecule is CC(C)(C)OC(=O)N1C[C@H](OS(C)(=O)=O)C[C@H]1CCCOS(C)(=O)=O. The largest absolute Gasteiger partial charge is 0.444 e. The van der Waals surface area contributed by atoms with Crippen LogP contribution in [0.1, 0.15) is 40.0 Å². The molecule has 1 rings (SSSR count). The fourth-order valence-electron chi connectivity index (χ4n) is 2.54. The summed E-state index contributed by atoms with van der Waals surface area (Å²) in [6.07, 6.45) is 1.88. The van der Waals surface area contributed by atoms with Crippen molar-refractivity contribution in [2.75, 3.05) is 25.7 Å². The maximum Gasteiger partial charge on any atom is 0.410 e. The van der Waals surface area contributed by atoms with Crippen LogP contribution in [0.3, 0.4) is 0 Å². The second-order valence-electron chi connectivity index (χ2n) is 7.11. The molecule has 0 spiro atoms. The number of hydrogen-bond donors (Lipinski definition) is 0. The minimum atomic E-state index is -3.64. The molecule has 1 heterocycles. The lowest BCUT2D eigenvalue weighted by Gasteiger charge is -2.28. The fourth-order valence-corrected chi connectivity index (χ4v) is 3.59. The summed E-state index contributed by atoms with van der Waals surface area (Å²) in [5.74, 6) is 0. The maximum absolute atomic E-state index is 12.3. The van der Waals surface area contributed by atoms with Crippen molar-refractivity contribution >= 4 is 26.3 Å². The Morgan fingerprint density at radius 3 is 2.20 bits per heavy atom. The molecular formula is C14H27NO8S2. The Labute approximate surface area is 149 Å². The van der Waals surface area contributed by atoms with Crippen LogP contribution in [-0.2, 0) is 33.3 Å². The van der Waals surface area contributed by atoms with Crippen molar-refractivity contribution in [3.8, 4) is 0 Å². The zero-order valence-electron chi connectivity index (χ0n) is 15.2. The molecule has 0 bridgehead atoms. The number of ether oxygens (including phenoxy) is 1. The average Bonchev–Trinajstić information content (AvgIpc) is 2.72. The van der Waals surface area contributed by atoms with Crippen LogP contribution in [0, 0.1) is 0 Å². The second-order valence-corrected chi connectivity index (χ2v) is 10.4. The summed E-state index contributed by atoms with van der Waals surface area (Å²) >= 11 is 0. The average molecular weight is 402 g/mol.